The molecule has 9 saturated heterocycles. The molecule has 9 aliphatic rings. The molecule has 9 fully saturated rings. The lowest BCUT2D eigenvalue weighted by molar-refractivity contribution is -0.870. The first-order chi connectivity index (χ1) is 60.1. The Morgan fingerprint density at radius 1 is 0.281 bits per heavy atom. The summed E-state index contributed by atoms with van der Waals surface area (Å²) < 4.78 is 128. The second kappa shape index (κ2) is 46.7. The minimum Gasteiger partial charge on any atom is -0.394 e. The summed E-state index contributed by atoms with van der Waals surface area (Å²) in [6.07, 6.45) is -83.3. The molecule has 0 radical (unpaired) electrons. The Labute approximate surface area is 728 Å². The molecule has 46 atom stereocenters. The van der Waals surface area contributed by atoms with Crippen molar-refractivity contribution in [2.45, 2.75) is 318 Å². The van der Waals surface area contributed by atoms with E-state index in [4.69, 9.17) is 89.6 Å². The standard InChI is InChI=1S/C71H122N7O49P/c1-21(86)72-36-49(99)56(31(16-83)112-63(36)106)121-66-39(75-24(4)89)51(101)58(33(18-85)117-66)124-69-55(105)60(46(96)34(119-69)19-109-70-61(53(103)44(94)29(14-81)115-70)126-67-40(76-25(5)90)50(100)57(32(17-84)118-67)122-64-37(73-22(2)87)47(97)42(92)27(12-79)113-64)125-71-62(54(104)45(95)30(15-82)116-71)127-68-41(77-26(6)91)52(102)59(35(120-68)20-111-128(107,108)110-11-10-78(7,8)9)123-65-38(74-23(3)88)48(98)43(93)28(13-80)114-65/h27-71,79-85,92-106H,10-20H2,1-9H3,(H6-,72,73,74,75,76,77,86,87,88,89,90,91,107,108)/p+1/t27-,28-,29-,30-,31-,32-,33-,34-,35-,36-,37-,38-,39-,40-,41-,42+,43+,44-,45-,46-,47-,48-,49-,50-,51-,52-,53+,54+,55+,56-,57-,58-,59-,60+,61+,62+,63-,64+,65+,66+,67+,68+,69+,70+,71-/m1/s1. The van der Waals surface area contributed by atoms with Crippen LogP contribution in [0.5, 0.6) is 0 Å². The summed E-state index contributed by atoms with van der Waals surface area (Å²) in [6, 6.07) is -11.1. The van der Waals surface area contributed by atoms with Crippen LogP contribution in [-0.4, -0.2) is 527 Å². The lowest BCUT2D eigenvalue weighted by atomic mass is 9.93. The molecule has 740 valence electrons. The molecule has 6 amide bonds. The van der Waals surface area contributed by atoms with E-state index in [0.717, 1.165) is 41.5 Å². The Morgan fingerprint density at radius 2 is 0.555 bits per heavy atom. The lowest BCUT2D eigenvalue weighted by Crippen LogP contribution is -2.71. The van der Waals surface area contributed by atoms with Gasteiger partial charge < -0.3 is 234 Å². The van der Waals surface area contributed by atoms with Crippen LogP contribution in [0.1, 0.15) is 41.5 Å². The Bertz CT molecular complexity index is 3600. The maximum absolute atomic E-state index is 13.7. The van der Waals surface area contributed by atoms with Gasteiger partial charge in [-0.25, -0.2) is 4.57 Å². The number of aliphatic hydroxyl groups is 22. The highest BCUT2D eigenvalue weighted by molar-refractivity contribution is 7.47. The van der Waals surface area contributed by atoms with Crippen molar-refractivity contribution in [3.8, 4) is 0 Å². The fourth-order valence-corrected chi connectivity index (χ4v) is 16.6. The fourth-order valence-electron chi connectivity index (χ4n) is 15.9. The molecular formula is C71H123N7O49P+. The van der Waals surface area contributed by atoms with Gasteiger partial charge in [0.25, 0.3) is 0 Å². The molecule has 57 heteroatoms. The van der Waals surface area contributed by atoms with Crippen LogP contribution in [0.25, 0.3) is 0 Å². The van der Waals surface area contributed by atoms with Gasteiger partial charge in [-0.2, -0.15) is 0 Å². The molecule has 56 nitrogen and oxygen atoms in total. The molecule has 1 unspecified atom stereocenters. The number of carbonyl (C=O) groups excluding carboxylic acids is 6. The molecule has 0 bridgehead atoms. The normalized spacial score (nSPS) is 44.8. The summed E-state index contributed by atoms with van der Waals surface area (Å²) in [7, 11) is -0.104. The van der Waals surface area contributed by atoms with Gasteiger partial charge in [-0.05, 0) is 0 Å². The third-order valence-corrected chi connectivity index (χ3v) is 23.4. The second-order valence-corrected chi connectivity index (χ2v) is 34.5. The third kappa shape index (κ3) is 25.9. The van der Waals surface area contributed by atoms with Crippen molar-refractivity contribution in [2.24, 2.45) is 0 Å². The number of ether oxygens (including phenoxy) is 17. The topological polar surface area (TPSA) is 832 Å². The number of nitrogens with one attached hydrogen (secondary N) is 6. The van der Waals surface area contributed by atoms with E-state index in [1.54, 1.807) is 21.1 Å². The Morgan fingerprint density at radius 3 is 0.922 bits per heavy atom. The van der Waals surface area contributed by atoms with E-state index in [1.807, 2.05) is 0 Å². The van der Waals surface area contributed by atoms with Crippen LogP contribution in [-0.2, 0) is 123 Å². The molecule has 9 aliphatic heterocycles. The second-order valence-electron chi connectivity index (χ2n) is 33.1. The summed E-state index contributed by atoms with van der Waals surface area (Å²) in [5.74, 6) is -5.43. The number of phosphoric acid groups is 1. The molecule has 0 aromatic heterocycles. The van der Waals surface area contributed by atoms with E-state index < -0.39 is 385 Å². The largest absolute Gasteiger partial charge is 0.472 e. The zero-order valence-electron chi connectivity index (χ0n) is 70.6. The van der Waals surface area contributed by atoms with Crippen molar-refractivity contribution in [3.05, 3.63) is 0 Å². The average Bonchev–Trinajstić information content (AvgIpc) is 0.764. The Kier molecular flexibility index (Phi) is 39.1. The van der Waals surface area contributed by atoms with Crippen molar-refractivity contribution in [3.63, 3.8) is 0 Å². The highest BCUT2D eigenvalue weighted by Crippen LogP contribution is 2.46. The number of hydrogen-bond donors (Lipinski definition) is 29. The monoisotopic (exact) mass is 1890 g/mol. The van der Waals surface area contributed by atoms with Gasteiger partial charge in [0, 0.05) is 41.5 Å². The molecule has 0 aromatic carbocycles. The van der Waals surface area contributed by atoms with Crippen LogP contribution in [0.15, 0.2) is 0 Å². The first-order valence-electron chi connectivity index (χ1n) is 40.8. The Hall–Kier alpha value is -4.67. The molecule has 0 spiro atoms. The predicted octanol–water partition coefficient (Wildman–Crippen LogP) is -18.9. The van der Waals surface area contributed by atoms with E-state index in [2.05, 4.69) is 31.9 Å². The minimum atomic E-state index is -5.23. The van der Waals surface area contributed by atoms with Crippen molar-refractivity contribution < 1.29 is 245 Å². The van der Waals surface area contributed by atoms with Crippen LogP contribution in [0, 0.1) is 0 Å². The predicted molar refractivity (Wildman–Crippen MR) is 404 cm³/mol. The van der Waals surface area contributed by atoms with Gasteiger partial charge >= 0.3 is 7.82 Å². The molecule has 0 aliphatic carbocycles. The molecule has 9 heterocycles. The maximum Gasteiger partial charge on any atom is 0.472 e. The number of quaternary nitrogens is 1. The van der Waals surface area contributed by atoms with E-state index in [0.29, 0.717) is 0 Å². The molecule has 128 heavy (non-hydrogen) atoms. The highest BCUT2D eigenvalue weighted by atomic mass is 31.2. The van der Waals surface area contributed by atoms with Crippen molar-refractivity contribution in [1.29, 1.82) is 0 Å². The quantitative estimate of drug-likeness (QED) is 0.0203. The van der Waals surface area contributed by atoms with Gasteiger partial charge in [-0.15, -0.1) is 0 Å². The summed E-state index contributed by atoms with van der Waals surface area (Å²) >= 11 is 0. The molecular weight excluding hydrogens is 1770 g/mol. The molecule has 29 N–H and O–H groups in total. The number of carbonyl (C=O) groups is 6. The molecule has 9 rings (SSSR count). The van der Waals surface area contributed by atoms with E-state index in [9.17, 15) is 151 Å². The maximum atomic E-state index is 13.7. The fraction of sp³-hybridized carbons (Fsp3) is 0.915. The van der Waals surface area contributed by atoms with E-state index in [1.165, 1.54) is 0 Å². The lowest BCUT2D eigenvalue weighted by Gasteiger charge is -2.51. The SMILES string of the molecule is CC(=O)N[C@@H]1[C@@H](O)[C@H](O[C@@H]2O[C@H](CO)[C@@H](O[C@@H]3O[C@H](CO[C@H]4O[C@H](CO)[C@@H](O)[C@H](O)[C@@H]4O[C@@H]4O[C@H](CO)[C@@H](O[C@@H]5O[C@H](CO)[C@H](O)[C@H](O)[C@H]5NC(C)=O)[C@H](O)[C@H]4NC(C)=O)[C@@H](O)[C@H](O[C@H]4O[C@H](CO)[C@@H](O)[C@H](O)[C@@H]4O[C@@H]4O[C@H](COP(=O)(O)OCC[N+](C)(C)C)[C@@H](O[C@@H]5O[C@H](CO)[C@H](O)[C@H](O)[C@H]5NC(C)=O)[C@H](O)[C@H]4NC(C)=O)[C@@H]3O)[C@H](O)[C@H]2NC(C)=O)[C@@H](CO)O[C@H]1O. The van der Waals surface area contributed by atoms with Gasteiger partial charge in [0.05, 0.1) is 80.6 Å². The van der Waals surface area contributed by atoms with Gasteiger partial charge in [0.15, 0.2) is 56.6 Å². The summed E-state index contributed by atoms with van der Waals surface area (Å²) in [5.41, 5.74) is 0. The number of hydrogen-bond acceptors (Lipinski definition) is 48. The van der Waals surface area contributed by atoms with Gasteiger partial charge in [-0.3, -0.25) is 37.8 Å². The summed E-state index contributed by atoms with van der Waals surface area (Å²) in [5, 5.41) is 265. The third-order valence-electron chi connectivity index (χ3n) is 22.4. The zero-order chi connectivity index (χ0) is 94.9. The molecule has 0 aromatic rings. The van der Waals surface area contributed by atoms with Gasteiger partial charge in [0.1, 0.15) is 233 Å². The number of nitrogens with zero attached hydrogens (tertiary/aromatic N) is 1. The van der Waals surface area contributed by atoms with E-state index >= 15 is 0 Å². The van der Waals surface area contributed by atoms with Gasteiger partial charge in [0.2, 0.25) is 35.4 Å². The molecule has 0 saturated carbocycles. The Balaban J connectivity index is 1.09. The number of phosphoric ester groups is 1. The number of rotatable bonds is 37. The highest BCUT2D eigenvalue weighted by Gasteiger charge is 2.62. The van der Waals surface area contributed by atoms with Crippen LogP contribution >= 0.6 is 7.82 Å². The van der Waals surface area contributed by atoms with Crippen LogP contribution < -0.4 is 31.9 Å². The van der Waals surface area contributed by atoms with Gasteiger partial charge in [-0.1, -0.05) is 0 Å². The smallest absolute Gasteiger partial charge is 0.394 e. The average molecular weight is 1890 g/mol. The summed E-state index contributed by atoms with van der Waals surface area (Å²) in [6.45, 7) is -4.79. The zero-order valence-corrected chi connectivity index (χ0v) is 71.4. The van der Waals surface area contributed by atoms with Crippen molar-refractivity contribution in [1.82, 2.24) is 31.9 Å². The minimum absolute atomic E-state index is 0.101. The van der Waals surface area contributed by atoms with E-state index in [-0.39, 0.29) is 11.0 Å². The number of likely N-dealkylation sites (N-methyl/N-ethyl adjacent to an activating group) is 1. The van der Waals surface area contributed by atoms with Crippen LogP contribution in [0.3, 0.4) is 0 Å². The van der Waals surface area contributed by atoms with Crippen molar-refractivity contribution >= 4 is 43.3 Å². The van der Waals surface area contributed by atoms with Crippen LogP contribution in [0.4, 0.5) is 0 Å². The summed E-state index contributed by atoms with van der Waals surface area (Å²) in [4.78, 5) is 87.8. The number of amides is 6. The first-order valence-corrected chi connectivity index (χ1v) is 42.3. The number of aliphatic hydroxyl groups excluding tert-OH is 22. The van der Waals surface area contributed by atoms with Crippen molar-refractivity contribution in [2.75, 3.05) is 93.8 Å². The van der Waals surface area contributed by atoms with Crippen LogP contribution in [0.2, 0.25) is 0 Å². The first kappa shape index (κ1) is 107.